The first-order chi connectivity index (χ1) is 8.56. The highest BCUT2D eigenvalue weighted by atomic mass is 79.9. The second-order valence-electron chi connectivity index (χ2n) is 4.08. The molecule has 5 heteroatoms. The van der Waals surface area contributed by atoms with Crippen LogP contribution in [-0.4, -0.2) is 11.1 Å². The van der Waals surface area contributed by atoms with E-state index in [1.807, 2.05) is 19.9 Å². The normalized spacial score (nSPS) is 10.4. The summed E-state index contributed by atoms with van der Waals surface area (Å²) in [6, 6.07) is 7.30. The molecule has 94 valence electrons. The summed E-state index contributed by atoms with van der Waals surface area (Å²) in [4.78, 5) is 11.9. The van der Waals surface area contributed by atoms with Crippen LogP contribution in [-0.2, 0) is 6.54 Å². The Hall–Kier alpha value is -1.62. The molecule has 2 aromatic rings. The molecule has 0 fully saturated rings. The third-order valence-electron chi connectivity index (χ3n) is 2.54. The van der Waals surface area contributed by atoms with E-state index in [4.69, 9.17) is 4.52 Å². The Morgan fingerprint density at radius 1 is 1.39 bits per heavy atom. The molecule has 0 unspecified atom stereocenters. The van der Waals surface area contributed by atoms with E-state index in [1.54, 1.807) is 18.2 Å². The second-order valence-corrected chi connectivity index (χ2v) is 4.93. The molecular weight excluding hydrogens is 296 g/mol. The van der Waals surface area contributed by atoms with Crippen LogP contribution in [0, 0.1) is 13.8 Å². The van der Waals surface area contributed by atoms with Gasteiger partial charge in [-0.3, -0.25) is 4.79 Å². The van der Waals surface area contributed by atoms with Crippen molar-refractivity contribution in [3.63, 3.8) is 0 Å². The van der Waals surface area contributed by atoms with Crippen molar-refractivity contribution in [2.75, 3.05) is 0 Å². The molecule has 0 aliphatic carbocycles. The fourth-order valence-electron chi connectivity index (χ4n) is 1.51. The van der Waals surface area contributed by atoms with Crippen molar-refractivity contribution in [3.8, 4) is 0 Å². The molecule has 0 bridgehead atoms. The Morgan fingerprint density at radius 3 is 2.78 bits per heavy atom. The van der Waals surface area contributed by atoms with Crippen molar-refractivity contribution in [1.82, 2.24) is 10.5 Å². The number of hydrogen-bond acceptors (Lipinski definition) is 3. The van der Waals surface area contributed by atoms with Gasteiger partial charge >= 0.3 is 0 Å². The Bertz CT molecular complexity index is 578. The minimum Gasteiger partial charge on any atom is -0.361 e. The molecule has 0 aliphatic rings. The standard InChI is InChI=1S/C13H13BrN2O2/c1-8-3-4-10(6-12(8)14)13(17)15-7-11-5-9(2)18-16-11/h3-6H,7H2,1-2H3,(H,15,17). The number of benzene rings is 1. The lowest BCUT2D eigenvalue weighted by Gasteiger charge is -2.04. The van der Waals surface area contributed by atoms with Gasteiger partial charge in [0.2, 0.25) is 0 Å². The van der Waals surface area contributed by atoms with E-state index >= 15 is 0 Å². The number of aromatic nitrogens is 1. The van der Waals surface area contributed by atoms with Gasteiger partial charge in [-0.1, -0.05) is 27.2 Å². The molecular formula is C13H13BrN2O2. The van der Waals surface area contributed by atoms with Crippen molar-refractivity contribution >= 4 is 21.8 Å². The minimum atomic E-state index is -0.128. The first-order valence-electron chi connectivity index (χ1n) is 5.53. The van der Waals surface area contributed by atoms with E-state index in [0.717, 1.165) is 15.8 Å². The molecule has 2 rings (SSSR count). The van der Waals surface area contributed by atoms with E-state index in [1.165, 1.54) is 0 Å². The van der Waals surface area contributed by atoms with E-state index in [0.29, 0.717) is 17.8 Å². The molecule has 4 nitrogen and oxygen atoms in total. The number of amides is 1. The van der Waals surface area contributed by atoms with Gasteiger partial charge in [0.25, 0.3) is 5.91 Å². The fraction of sp³-hybridized carbons (Fsp3) is 0.231. The van der Waals surface area contributed by atoms with Gasteiger partial charge in [0.1, 0.15) is 11.5 Å². The maximum atomic E-state index is 11.9. The van der Waals surface area contributed by atoms with Crippen LogP contribution in [0.2, 0.25) is 0 Å². The van der Waals surface area contributed by atoms with Gasteiger partial charge in [-0.2, -0.15) is 0 Å². The van der Waals surface area contributed by atoms with E-state index in [-0.39, 0.29) is 5.91 Å². The van der Waals surface area contributed by atoms with Crippen molar-refractivity contribution in [2.45, 2.75) is 20.4 Å². The highest BCUT2D eigenvalue weighted by molar-refractivity contribution is 9.10. The van der Waals surface area contributed by atoms with E-state index in [2.05, 4.69) is 26.4 Å². The predicted octanol–water partition coefficient (Wildman–Crippen LogP) is 2.98. The maximum Gasteiger partial charge on any atom is 0.251 e. The number of halogens is 1. The maximum absolute atomic E-state index is 11.9. The van der Waals surface area contributed by atoms with Crippen LogP contribution in [0.3, 0.4) is 0 Å². The highest BCUT2D eigenvalue weighted by Gasteiger charge is 2.08. The molecule has 1 amide bonds. The van der Waals surface area contributed by atoms with Crippen molar-refractivity contribution in [2.24, 2.45) is 0 Å². The summed E-state index contributed by atoms with van der Waals surface area (Å²) >= 11 is 3.41. The predicted molar refractivity (Wildman–Crippen MR) is 71.3 cm³/mol. The Morgan fingerprint density at radius 2 is 2.17 bits per heavy atom. The van der Waals surface area contributed by atoms with Crippen LogP contribution in [0.1, 0.15) is 27.4 Å². The second kappa shape index (κ2) is 5.35. The average Bonchev–Trinajstić information content (AvgIpc) is 2.75. The molecule has 0 atom stereocenters. The van der Waals surface area contributed by atoms with Crippen molar-refractivity contribution in [1.29, 1.82) is 0 Å². The smallest absolute Gasteiger partial charge is 0.251 e. The zero-order chi connectivity index (χ0) is 13.1. The SMILES string of the molecule is Cc1cc(CNC(=O)c2ccc(C)c(Br)c2)no1. The third kappa shape index (κ3) is 2.98. The topological polar surface area (TPSA) is 55.1 Å². The van der Waals surface area contributed by atoms with Crippen LogP contribution in [0.4, 0.5) is 0 Å². The highest BCUT2D eigenvalue weighted by Crippen LogP contribution is 2.17. The number of hydrogen-bond donors (Lipinski definition) is 1. The molecule has 0 saturated heterocycles. The summed E-state index contributed by atoms with van der Waals surface area (Å²) in [5, 5.41) is 6.61. The van der Waals surface area contributed by atoms with Crippen LogP contribution in [0.5, 0.6) is 0 Å². The van der Waals surface area contributed by atoms with Crippen LogP contribution in [0.25, 0.3) is 0 Å². The Labute approximate surface area is 113 Å². The van der Waals surface area contributed by atoms with Gasteiger partial charge in [0, 0.05) is 16.1 Å². The molecule has 1 N–H and O–H groups in total. The average molecular weight is 309 g/mol. The summed E-state index contributed by atoms with van der Waals surface area (Å²) in [6.45, 7) is 4.15. The van der Waals surface area contributed by atoms with Gasteiger partial charge in [-0.05, 0) is 31.5 Å². The third-order valence-corrected chi connectivity index (χ3v) is 3.40. The number of nitrogens with one attached hydrogen (secondary N) is 1. The zero-order valence-electron chi connectivity index (χ0n) is 10.2. The number of rotatable bonds is 3. The van der Waals surface area contributed by atoms with Gasteiger partial charge in [-0.25, -0.2) is 0 Å². The van der Waals surface area contributed by atoms with Gasteiger partial charge in [-0.15, -0.1) is 0 Å². The van der Waals surface area contributed by atoms with Crippen molar-refractivity contribution in [3.05, 3.63) is 51.3 Å². The lowest BCUT2D eigenvalue weighted by molar-refractivity contribution is 0.0950. The number of aryl methyl sites for hydroxylation is 2. The Kier molecular flexibility index (Phi) is 3.81. The largest absolute Gasteiger partial charge is 0.361 e. The van der Waals surface area contributed by atoms with Crippen LogP contribution in [0.15, 0.2) is 33.3 Å². The number of nitrogens with zero attached hydrogens (tertiary/aromatic N) is 1. The summed E-state index contributed by atoms with van der Waals surface area (Å²) in [6.07, 6.45) is 0. The monoisotopic (exact) mass is 308 g/mol. The molecule has 1 heterocycles. The van der Waals surface area contributed by atoms with Crippen LogP contribution >= 0.6 is 15.9 Å². The first kappa shape index (κ1) is 12.8. The van der Waals surface area contributed by atoms with E-state index < -0.39 is 0 Å². The lowest BCUT2D eigenvalue weighted by Crippen LogP contribution is -2.22. The molecule has 1 aromatic heterocycles. The molecule has 0 saturated carbocycles. The van der Waals surface area contributed by atoms with Gasteiger partial charge in [0.15, 0.2) is 0 Å². The molecule has 0 aliphatic heterocycles. The molecule has 1 aromatic carbocycles. The Balaban J connectivity index is 2.01. The fourth-order valence-corrected chi connectivity index (χ4v) is 1.89. The van der Waals surface area contributed by atoms with Gasteiger partial charge < -0.3 is 9.84 Å². The first-order valence-corrected chi connectivity index (χ1v) is 6.32. The molecule has 18 heavy (non-hydrogen) atoms. The molecule has 0 spiro atoms. The summed E-state index contributed by atoms with van der Waals surface area (Å²) in [5.74, 6) is 0.605. The summed E-state index contributed by atoms with van der Waals surface area (Å²) in [7, 11) is 0. The number of carbonyl (C=O) groups is 1. The summed E-state index contributed by atoms with van der Waals surface area (Å²) < 4.78 is 5.85. The summed E-state index contributed by atoms with van der Waals surface area (Å²) in [5.41, 5.74) is 2.43. The van der Waals surface area contributed by atoms with Crippen molar-refractivity contribution < 1.29 is 9.32 Å². The van der Waals surface area contributed by atoms with E-state index in [9.17, 15) is 4.79 Å². The molecule has 0 radical (unpaired) electrons. The van der Waals surface area contributed by atoms with Crippen LogP contribution < -0.4 is 5.32 Å². The zero-order valence-corrected chi connectivity index (χ0v) is 11.7. The minimum absolute atomic E-state index is 0.128. The van der Waals surface area contributed by atoms with Gasteiger partial charge in [0.05, 0.1) is 6.54 Å². The number of carbonyl (C=O) groups excluding carboxylic acids is 1. The lowest BCUT2D eigenvalue weighted by atomic mass is 10.1. The quantitative estimate of drug-likeness (QED) is 0.948.